The van der Waals surface area contributed by atoms with Crippen LogP contribution in [-0.4, -0.2) is 17.7 Å². The number of ether oxygens (including phenoxy) is 1. The summed E-state index contributed by atoms with van der Waals surface area (Å²) in [6.07, 6.45) is 0.521. The number of rotatable bonds is 6. The first kappa shape index (κ1) is 15.8. The molecule has 0 aliphatic rings. The van der Waals surface area contributed by atoms with E-state index < -0.39 is 5.97 Å². The molecule has 0 saturated carbocycles. The number of hydrogen-bond donors (Lipinski definition) is 1. The van der Waals surface area contributed by atoms with E-state index in [0.717, 1.165) is 22.4 Å². The summed E-state index contributed by atoms with van der Waals surface area (Å²) < 4.78 is 5.80. The lowest BCUT2D eigenvalue weighted by molar-refractivity contribution is -0.136. The molecule has 0 spiro atoms. The number of benzene rings is 1. The second kappa shape index (κ2) is 6.80. The standard InChI is InChI=1S/C15H21ClO3/c1-9(2)8-19-13-7-10(3)15(16)11(4)12(13)5-6-14(17)18/h7,9H,5-6,8H2,1-4H3,(H,17,18). The first-order chi connectivity index (χ1) is 8.82. The van der Waals surface area contributed by atoms with Crippen LogP contribution in [0.15, 0.2) is 6.07 Å². The van der Waals surface area contributed by atoms with Gasteiger partial charge in [-0.2, -0.15) is 0 Å². The third kappa shape index (κ3) is 4.43. The molecule has 0 heterocycles. The number of carboxylic acids is 1. The van der Waals surface area contributed by atoms with Crippen molar-refractivity contribution in [1.29, 1.82) is 0 Å². The first-order valence-corrected chi connectivity index (χ1v) is 6.83. The van der Waals surface area contributed by atoms with E-state index in [0.29, 0.717) is 24.0 Å². The number of aliphatic carboxylic acids is 1. The Labute approximate surface area is 119 Å². The van der Waals surface area contributed by atoms with Crippen LogP contribution in [0.2, 0.25) is 5.02 Å². The van der Waals surface area contributed by atoms with Gasteiger partial charge >= 0.3 is 5.97 Å². The molecule has 1 aromatic rings. The van der Waals surface area contributed by atoms with Crippen LogP contribution in [-0.2, 0) is 11.2 Å². The lowest BCUT2D eigenvalue weighted by Gasteiger charge is -2.17. The van der Waals surface area contributed by atoms with E-state index in [1.165, 1.54) is 0 Å². The summed E-state index contributed by atoms with van der Waals surface area (Å²) in [7, 11) is 0. The van der Waals surface area contributed by atoms with Crippen molar-refractivity contribution in [2.24, 2.45) is 5.92 Å². The molecule has 0 saturated heterocycles. The zero-order valence-corrected chi connectivity index (χ0v) is 12.7. The maximum absolute atomic E-state index is 10.7. The van der Waals surface area contributed by atoms with E-state index in [2.05, 4.69) is 13.8 Å². The summed E-state index contributed by atoms with van der Waals surface area (Å²) in [6, 6.07) is 1.90. The fourth-order valence-corrected chi connectivity index (χ4v) is 2.06. The minimum absolute atomic E-state index is 0.0816. The highest BCUT2D eigenvalue weighted by Crippen LogP contribution is 2.32. The van der Waals surface area contributed by atoms with Crippen LogP contribution < -0.4 is 4.74 Å². The maximum atomic E-state index is 10.7. The lowest BCUT2D eigenvalue weighted by atomic mass is 10.00. The molecule has 0 unspecified atom stereocenters. The van der Waals surface area contributed by atoms with Gasteiger partial charge in [0, 0.05) is 11.4 Å². The van der Waals surface area contributed by atoms with Crippen LogP contribution in [0.1, 0.15) is 37.0 Å². The Balaban J connectivity index is 3.07. The fourth-order valence-electron chi connectivity index (χ4n) is 1.89. The van der Waals surface area contributed by atoms with Gasteiger partial charge in [-0.15, -0.1) is 0 Å². The predicted octanol–water partition coefficient (Wildman–Crippen LogP) is 4.01. The average molecular weight is 285 g/mol. The second-order valence-corrected chi connectivity index (χ2v) is 5.59. The fraction of sp³-hybridized carbons (Fsp3) is 0.533. The number of hydrogen-bond acceptors (Lipinski definition) is 2. The van der Waals surface area contributed by atoms with E-state index in [4.69, 9.17) is 21.4 Å². The van der Waals surface area contributed by atoms with Gasteiger partial charge < -0.3 is 9.84 Å². The summed E-state index contributed by atoms with van der Waals surface area (Å²) in [5, 5.41) is 9.52. The predicted molar refractivity (Wildman–Crippen MR) is 77.2 cm³/mol. The van der Waals surface area contributed by atoms with Crippen LogP contribution in [0.5, 0.6) is 5.75 Å². The zero-order chi connectivity index (χ0) is 14.6. The molecular weight excluding hydrogens is 264 g/mol. The van der Waals surface area contributed by atoms with Gasteiger partial charge in [0.25, 0.3) is 0 Å². The monoisotopic (exact) mass is 284 g/mol. The molecule has 4 heteroatoms. The Hall–Kier alpha value is -1.22. The van der Waals surface area contributed by atoms with Crippen LogP contribution in [0, 0.1) is 19.8 Å². The van der Waals surface area contributed by atoms with Gasteiger partial charge in [0.2, 0.25) is 0 Å². The van der Waals surface area contributed by atoms with Gasteiger partial charge in [0.1, 0.15) is 5.75 Å². The van der Waals surface area contributed by atoms with Gasteiger partial charge in [-0.1, -0.05) is 25.4 Å². The van der Waals surface area contributed by atoms with Crippen LogP contribution in [0.3, 0.4) is 0 Å². The Morgan fingerprint density at radius 2 is 2.05 bits per heavy atom. The molecule has 3 nitrogen and oxygen atoms in total. The molecule has 0 aromatic heterocycles. The van der Waals surface area contributed by atoms with Gasteiger partial charge in [-0.3, -0.25) is 4.79 Å². The molecular formula is C15H21ClO3. The van der Waals surface area contributed by atoms with E-state index >= 15 is 0 Å². The molecule has 1 rings (SSSR count). The normalized spacial score (nSPS) is 10.8. The SMILES string of the molecule is Cc1cc(OCC(C)C)c(CCC(=O)O)c(C)c1Cl. The Morgan fingerprint density at radius 1 is 1.42 bits per heavy atom. The minimum atomic E-state index is -0.814. The summed E-state index contributed by atoms with van der Waals surface area (Å²) in [5.41, 5.74) is 2.78. The van der Waals surface area contributed by atoms with Gasteiger partial charge in [-0.25, -0.2) is 0 Å². The molecule has 0 fully saturated rings. The molecule has 106 valence electrons. The van der Waals surface area contributed by atoms with Crippen molar-refractivity contribution < 1.29 is 14.6 Å². The molecule has 0 amide bonds. The van der Waals surface area contributed by atoms with Crippen molar-refractivity contribution >= 4 is 17.6 Å². The average Bonchev–Trinajstić information content (AvgIpc) is 2.32. The molecule has 0 aliphatic carbocycles. The Bertz CT molecular complexity index is 467. The molecule has 19 heavy (non-hydrogen) atoms. The topological polar surface area (TPSA) is 46.5 Å². The third-order valence-corrected chi connectivity index (χ3v) is 3.52. The number of carboxylic acid groups (broad SMARTS) is 1. The van der Waals surface area contributed by atoms with Crippen molar-refractivity contribution in [2.75, 3.05) is 6.61 Å². The van der Waals surface area contributed by atoms with Crippen LogP contribution in [0.4, 0.5) is 0 Å². The largest absolute Gasteiger partial charge is 0.493 e. The molecule has 0 bridgehead atoms. The summed E-state index contributed by atoms with van der Waals surface area (Å²) in [6.45, 7) is 8.60. The van der Waals surface area contributed by atoms with Crippen molar-refractivity contribution in [3.8, 4) is 5.75 Å². The third-order valence-electron chi connectivity index (χ3n) is 2.93. The zero-order valence-electron chi connectivity index (χ0n) is 11.9. The molecule has 0 aliphatic heterocycles. The highest BCUT2D eigenvalue weighted by Gasteiger charge is 2.14. The van der Waals surface area contributed by atoms with Gasteiger partial charge in [0.15, 0.2) is 0 Å². The van der Waals surface area contributed by atoms with Gasteiger partial charge in [0.05, 0.1) is 6.61 Å². The van der Waals surface area contributed by atoms with Crippen LogP contribution >= 0.6 is 11.6 Å². The van der Waals surface area contributed by atoms with Gasteiger partial charge in [-0.05, 0) is 48.9 Å². The van der Waals surface area contributed by atoms with E-state index in [-0.39, 0.29) is 6.42 Å². The van der Waals surface area contributed by atoms with E-state index in [9.17, 15) is 4.79 Å². The first-order valence-electron chi connectivity index (χ1n) is 6.46. The van der Waals surface area contributed by atoms with Crippen molar-refractivity contribution in [1.82, 2.24) is 0 Å². The molecule has 0 radical (unpaired) electrons. The Kier molecular flexibility index (Phi) is 5.67. The maximum Gasteiger partial charge on any atom is 0.303 e. The lowest BCUT2D eigenvalue weighted by Crippen LogP contribution is -2.09. The summed E-state index contributed by atoms with van der Waals surface area (Å²) in [4.78, 5) is 10.7. The number of carbonyl (C=O) groups is 1. The van der Waals surface area contributed by atoms with Crippen molar-refractivity contribution in [2.45, 2.75) is 40.5 Å². The number of halogens is 1. The minimum Gasteiger partial charge on any atom is -0.493 e. The molecule has 1 N–H and O–H groups in total. The highest BCUT2D eigenvalue weighted by molar-refractivity contribution is 6.32. The smallest absolute Gasteiger partial charge is 0.303 e. The number of aryl methyl sites for hydroxylation is 1. The van der Waals surface area contributed by atoms with Crippen molar-refractivity contribution in [3.63, 3.8) is 0 Å². The Morgan fingerprint density at radius 3 is 2.58 bits per heavy atom. The summed E-state index contributed by atoms with van der Waals surface area (Å²) >= 11 is 6.23. The second-order valence-electron chi connectivity index (χ2n) is 5.21. The van der Waals surface area contributed by atoms with Crippen LogP contribution in [0.25, 0.3) is 0 Å². The highest BCUT2D eigenvalue weighted by atomic mass is 35.5. The molecule has 0 atom stereocenters. The molecule has 1 aromatic carbocycles. The quantitative estimate of drug-likeness (QED) is 0.858. The van der Waals surface area contributed by atoms with E-state index in [1.807, 2.05) is 19.9 Å². The van der Waals surface area contributed by atoms with Crippen molar-refractivity contribution in [3.05, 3.63) is 27.8 Å². The summed E-state index contributed by atoms with van der Waals surface area (Å²) in [5.74, 6) is 0.365. The van der Waals surface area contributed by atoms with E-state index in [1.54, 1.807) is 0 Å².